The van der Waals surface area contributed by atoms with Crippen LogP contribution in [0.15, 0.2) is 0 Å². The third kappa shape index (κ3) is 4.70. The summed E-state index contributed by atoms with van der Waals surface area (Å²) >= 11 is 0. The van der Waals surface area contributed by atoms with Crippen LogP contribution in [0, 0.1) is 11.3 Å². The van der Waals surface area contributed by atoms with E-state index in [0.717, 1.165) is 58.3 Å². The summed E-state index contributed by atoms with van der Waals surface area (Å²) < 4.78 is 0. The number of carbonyl (C=O) groups is 2. The molecule has 2 aliphatic rings. The Morgan fingerprint density at radius 3 is 2.73 bits per heavy atom. The topological polar surface area (TPSA) is 61.4 Å². The zero-order chi connectivity index (χ0) is 16.0. The van der Waals surface area contributed by atoms with Crippen molar-refractivity contribution in [1.82, 2.24) is 15.5 Å². The molecule has 2 rings (SSSR count). The number of amides is 2. The molecule has 1 atom stereocenters. The van der Waals surface area contributed by atoms with E-state index in [0.29, 0.717) is 13.0 Å². The van der Waals surface area contributed by atoms with Gasteiger partial charge in [0.1, 0.15) is 0 Å². The second kappa shape index (κ2) is 7.95. The van der Waals surface area contributed by atoms with E-state index in [4.69, 9.17) is 0 Å². The van der Waals surface area contributed by atoms with E-state index in [9.17, 15) is 9.59 Å². The largest absolute Gasteiger partial charge is 0.355 e. The molecule has 2 amide bonds. The van der Waals surface area contributed by atoms with Crippen molar-refractivity contribution in [2.75, 3.05) is 32.7 Å². The molecule has 126 valence electrons. The van der Waals surface area contributed by atoms with Crippen molar-refractivity contribution in [3.63, 3.8) is 0 Å². The highest BCUT2D eigenvalue weighted by molar-refractivity contribution is 5.81. The lowest BCUT2D eigenvalue weighted by Crippen LogP contribution is -2.48. The molecule has 2 N–H and O–H groups in total. The average Bonchev–Trinajstić information content (AvgIpc) is 2.54. The van der Waals surface area contributed by atoms with Gasteiger partial charge in [-0.25, -0.2) is 0 Å². The van der Waals surface area contributed by atoms with Crippen molar-refractivity contribution in [3.8, 4) is 0 Å². The van der Waals surface area contributed by atoms with Gasteiger partial charge in [-0.2, -0.15) is 0 Å². The van der Waals surface area contributed by atoms with E-state index < -0.39 is 0 Å². The lowest BCUT2D eigenvalue weighted by molar-refractivity contribution is -0.135. The van der Waals surface area contributed by atoms with Gasteiger partial charge >= 0.3 is 0 Å². The first kappa shape index (κ1) is 17.3. The molecule has 2 saturated heterocycles. The fourth-order valence-corrected chi connectivity index (χ4v) is 3.44. The van der Waals surface area contributed by atoms with Gasteiger partial charge in [0.15, 0.2) is 0 Å². The second-order valence-corrected chi connectivity index (χ2v) is 7.21. The number of nitrogens with zero attached hydrogens (tertiary/aromatic N) is 1. The lowest BCUT2D eigenvalue weighted by atomic mass is 9.81. The third-order valence-electron chi connectivity index (χ3n) is 5.11. The molecule has 0 radical (unpaired) electrons. The Labute approximate surface area is 134 Å². The number of rotatable bonds is 5. The van der Waals surface area contributed by atoms with Gasteiger partial charge in [-0.3, -0.25) is 9.59 Å². The van der Waals surface area contributed by atoms with E-state index in [1.165, 1.54) is 0 Å². The van der Waals surface area contributed by atoms with E-state index in [1.807, 2.05) is 11.8 Å². The van der Waals surface area contributed by atoms with Gasteiger partial charge in [0.2, 0.25) is 11.8 Å². The van der Waals surface area contributed by atoms with Crippen LogP contribution in [0.1, 0.15) is 52.4 Å². The number of carbonyl (C=O) groups excluding carboxylic acids is 2. The molecular formula is C17H31N3O2. The normalized spacial score (nSPS) is 24.8. The first-order valence-electron chi connectivity index (χ1n) is 8.80. The van der Waals surface area contributed by atoms with Crippen LogP contribution in [0.2, 0.25) is 0 Å². The van der Waals surface area contributed by atoms with Crippen LogP contribution >= 0.6 is 0 Å². The SMILES string of the molecule is CCCC(=O)N1CCCC(C(=O)NCC2(C)CCNCC2)C1. The second-order valence-electron chi connectivity index (χ2n) is 7.21. The Kier molecular flexibility index (Phi) is 6.24. The molecule has 22 heavy (non-hydrogen) atoms. The maximum atomic E-state index is 12.4. The standard InChI is InChI=1S/C17H31N3O2/c1-3-5-15(21)20-11-4-6-14(12-20)16(22)19-13-17(2)7-9-18-10-8-17/h14,18H,3-13H2,1-2H3,(H,19,22). The molecule has 5 heteroatoms. The zero-order valence-electron chi connectivity index (χ0n) is 14.1. The average molecular weight is 309 g/mol. The summed E-state index contributed by atoms with van der Waals surface area (Å²) in [6.07, 6.45) is 5.53. The Bertz CT molecular complexity index is 391. The summed E-state index contributed by atoms with van der Waals surface area (Å²) in [5.41, 5.74) is 0.216. The number of piperidine rings is 2. The van der Waals surface area contributed by atoms with Crippen LogP contribution in [0.3, 0.4) is 0 Å². The van der Waals surface area contributed by atoms with Gasteiger partial charge in [-0.1, -0.05) is 13.8 Å². The molecule has 2 heterocycles. The van der Waals surface area contributed by atoms with Crippen molar-refractivity contribution in [1.29, 1.82) is 0 Å². The van der Waals surface area contributed by atoms with Crippen LogP contribution in [-0.4, -0.2) is 49.4 Å². The van der Waals surface area contributed by atoms with Gasteiger partial charge < -0.3 is 15.5 Å². The van der Waals surface area contributed by atoms with Crippen molar-refractivity contribution in [2.45, 2.75) is 52.4 Å². The molecular weight excluding hydrogens is 278 g/mol. The minimum atomic E-state index is -0.0279. The van der Waals surface area contributed by atoms with Crippen LogP contribution in [-0.2, 0) is 9.59 Å². The van der Waals surface area contributed by atoms with Crippen molar-refractivity contribution in [3.05, 3.63) is 0 Å². The highest BCUT2D eigenvalue weighted by Gasteiger charge is 2.31. The quantitative estimate of drug-likeness (QED) is 0.809. The summed E-state index contributed by atoms with van der Waals surface area (Å²) in [6.45, 7) is 8.52. The Hall–Kier alpha value is -1.10. The predicted octanol–water partition coefficient (Wildman–Crippen LogP) is 1.53. The van der Waals surface area contributed by atoms with Crippen molar-refractivity contribution < 1.29 is 9.59 Å². The van der Waals surface area contributed by atoms with Gasteiger partial charge in [-0.05, 0) is 50.6 Å². The highest BCUT2D eigenvalue weighted by Crippen LogP contribution is 2.27. The first-order valence-corrected chi connectivity index (χ1v) is 8.80. The van der Waals surface area contributed by atoms with Crippen molar-refractivity contribution >= 4 is 11.8 Å². The van der Waals surface area contributed by atoms with Crippen LogP contribution in [0.4, 0.5) is 0 Å². The number of likely N-dealkylation sites (tertiary alicyclic amines) is 1. The van der Waals surface area contributed by atoms with E-state index in [-0.39, 0.29) is 23.1 Å². The van der Waals surface area contributed by atoms with Gasteiger partial charge in [-0.15, -0.1) is 0 Å². The summed E-state index contributed by atoms with van der Waals surface area (Å²) in [7, 11) is 0. The number of hydrogen-bond acceptors (Lipinski definition) is 3. The predicted molar refractivity (Wildman–Crippen MR) is 87.4 cm³/mol. The van der Waals surface area contributed by atoms with Gasteiger partial charge in [0.05, 0.1) is 5.92 Å². The smallest absolute Gasteiger partial charge is 0.224 e. The fraction of sp³-hybridized carbons (Fsp3) is 0.882. The molecule has 0 aliphatic carbocycles. The summed E-state index contributed by atoms with van der Waals surface area (Å²) in [5.74, 6) is 0.305. The number of hydrogen-bond donors (Lipinski definition) is 2. The van der Waals surface area contributed by atoms with Gasteiger partial charge in [0.25, 0.3) is 0 Å². The van der Waals surface area contributed by atoms with Crippen LogP contribution < -0.4 is 10.6 Å². The summed E-state index contributed by atoms with van der Waals surface area (Å²) in [4.78, 5) is 26.3. The molecule has 5 nitrogen and oxygen atoms in total. The van der Waals surface area contributed by atoms with Gasteiger partial charge in [0, 0.05) is 26.1 Å². The molecule has 1 unspecified atom stereocenters. The van der Waals surface area contributed by atoms with E-state index in [1.54, 1.807) is 0 Å². The van der Waals surface area contributed by atoms with Crippen LogP contribution in [0.25, 0.3) is 0 Å². The molecule has 0 aromatic rings. The highest BCUT2D eigenvalue weighted by atomic mass is 16.2. The Morgan fingerprint density at radius 1 is 1.32 bits per heavy atom. The van der Waals surface area contributed by atoms with Crippen molar-refractivity contribution in [2.24, 2.45) is 11.3 Å². The minimum Gasteiger partial charge on any atom is -0.355 e. The fourth-order valence-electron chi connectivity index (χ4n) is 3.44. The molecule has 0 aromatic carbocycles. The molecule has 0 spiro atoms. The Balaban J connectivity index is 1.80. The molecule has 2 aliphatic heterocycles. The monoisotopic (exact) mass is 309 g/mol. The minimum absolute atomic E-state index is 0.0279. The Morgan fingerprint density at radius 2 is 2.05 bits per heavy atom. The molecule has 0 saturated carbocycles. The molecule has 0 aromatic heterocycles. The maximum absolute atomic E-state index is 12.4. The molecule has 2 fully saturated rings. The summed E-state index contributed by atoms with van der Waals surface area (Å²) in [5, 5.41) is 6.51. The first-order chi connectivity index (χ1) is 10.5. The third-order valence-corrected chi connectivity index (χ3v) is 5.11. The lowest BCUT2D eigenvalue weighted by Gasteiger charge is -2.36. The number of nitrogens with one attached hydrogen (secondary N) is 2. The van der Waals surface area contributed by atoms with E-state index in [2.05, 4.69) is 17.6 Å². The molecule has 0 bridgehead atoms. The van der Waals surface area contributed by atoms with Crippen LogP contribution in [0.5, 0.6) is 0 Å². The van der Waals surface area contributed by atoms with E-state index >= 15 is 0 Å². The maximum Gasteiger partial charge on any atom is 0.224 e. The zero-order valence-corrected chi connectivity index (χ0v) is 14.1. The summed E-state index contributed by atoms with van der Waals surface area (Å²) in [6, 6.07) is 0.